The zero-order chi connectivity index (χ0) is 20.1. The van der Waals surface area contributed by atoms with Crippen LogP contribution in [0, 0.1) is 5.92 Å². The molecule has 0 bridgehead atoms. The second-order valence-corrected chi connectivity index (χ2v) is 7.73. The molecule has 28 heavy (non-hydrogen) atoms. The summed E-state index contributed by atoms with van der Waals surface area (Å²) in [7, 11) is 1.74. The summed E-state index contributed by atoms with van der Waals surface area (Å²) < 4.78 is 5.25. The maximum Gasteiger partial charge on any atom is 0.254 e. The molecule has 0 radical (unpaired) electrons. The quantitative estimate of drug-likeness (QED) is 0.640. The Kier molecular flexibility index (Phi) is 6.66. The van der Waals surface area contributed by atoms with Gasteiger partial charge in [-0.3, -0.25) is 9.59 Å². The lowest BCUT2D eigenvalue weighted by Gasteiger charge is -2.28. The van der Waals surface area contributed by atoms with E-state index in [4.69, 9.17) is 10.5 Å². The van der Waals surface area contributed by atoms with Crippen LogP contribution in [0.3, 0.4) is 0 Å². The number of hydrogen-bond acceptors (Lipinski definition) is 7. The predicted octanol–water partition coefficient (Wildman–Crippen LogP) is 1.23. The van der Waals surface area contributed by atoms with E-state index in [1.807, 2.05) is 0 Å². The lowest BCUT2D eigenvalue weighted by Crippen LogP contribution is -2.31. The number of aromatic nitrogens is 2. The van der Waals surface area contributed by atoms with Crippen molar-refractivity contribution < 1.29 is 14.3 Å². The van der Waals surface area contributed by atoms with E-state index in [-0.39, 0.29) is 17.5 Å². The van der Waals surface area contributed by atoms with E-state index in [9.17, 15) is 9.59 Å². The first-order valence-electron chi connectivity index (χ1n) is 9.90. The minimum atomic E-state index is -0.574. The summed E-state index contributed by atoms with van der Waals surface area (Å²) in [6, 6.07) is 0.342. The van der Waals surface area contributed by atoms with Gasteiger partial charge in [0.2, 0.25) is 11.9 Å². The highest BCUT2D eigenvalue weighted by Crippen LogP contribution is 2.27. The molecule has 0 unspecified atom stereocenters. The van der Waals surface area contributed by atoms with Gasteiger partial charge in [0.15, 0.2) is 0 Å². The van der Waals surface area contributed by atoms with Crippen molar-refractivity contribution in [2.24, 2.45) is 11.7 Å². The van der Waals surface area contributed by atoms with Crippen molar-refractivity contribution in [2.75, 3.05) is 37.4 Å². The van der Waals surface area contributed by atoms with Crippen LogP contribution >= 0.6 is 0 Å². The third-order valence-electron chi connectivity index (χ3n) is 5.61. The maximum absolute atomic E-state index is 11.8. The molecule has 0 spiro atoms. The molecule has 9 heteroatoms. The molecule has 1 saturated heterocycles. The Morgan fingerprint density at radius 1 is 1.21 bits per heavy atom. The van der Waals surface area contributed by atoms with Crippen LogP contribution in [0.25, 0.3) is 0 Å². The summed E-state index contributed by atoms with van der Waals surface area (Å²) in [4.78, 5) is 33.9. The molecule has 1 atom stereocenters. The van der Waals surface area contributed by atoms with Gasteiger partial charge in [0.1, 0.15) is 5.82 Å². The van der Waals surface area contributed by atoms with Crippen LogP contribution in [-0.4, -0.2) is 65.6 Å². The Morgan fingerprint density at radius 3 is 2.57 bits per heavy atom. The van der Waals surface area contributed by atoms with E-state index in [2.05, 4.69) is 20.6 Å². The molecule has 2 fully saturated rings. The molecule has 4 N–H and O–H groups in total. The number of carbonyl (C=O) groups excluding carboxylic acids is 2. The van der Waals surface area contributed by atoms with E-state index < -0.39 is 5.91 Å². The minimum absolute atomic E-state index is 0.0363. The molecule has 2 heterocycles. The van der Waals surface area contributed by atoms with Crippen LogP contribution in [0.2, 0.25) is 0 Å². The topological polar surface area (TPSA) is 122 Å². The average Bonchev–Trinajstić information content (AvgIpc) is 3.12. The molecule has 0 aromatic carbocycles. The fourth-order valence-electron chi connectivity index (χ4n) is 3.99. The van der Waals surface area contributed by atoms with Crippen LogP contribution in [-0.2, 0) is 9.53 Å². The summed E-state index contributed by atoms with van der Waals surface area (Å²) in [5.41, 5.74) is 5.75. The largest absolute Gasteiger partial charge is 0.384 e. The number of methoxy groups -OCH3 is 1. The van der Waals surface area contributed by atoms with E-state index in [1.54, 1.807) is 18.9 Å². The zero-order valence-corrected chi connectivity index (χ0v) is 16.6. The SMILES string of the molecule is COCC1CCC(Nc2ncc(C(N)=O)c(N[C@H]3CCN(C(C)=O)C3)n2)CC1. The second kappa shape index (κ2) is 9.18. The van der Waals surface area contributed by atoms with Crippen molar-refractivity contribution >= 4 is 23.6 Å². The fraction of sp³-hybridized carbons (Fsp3) is 0.684. The van der Waals surface area contributed by atoms with Gasteiger partial charge >= 0.3 is 0 Å². The number of nitrogens with two attached hydrogens (primary N) is 1. The van der Waals surface area contributed by atoms with Crippen molar-refractivity contribution in [3.63, 3.8) is 0 Å². The number of ether oxygens (including phenoxy) is 1. The van der Waals surface area contributed by atoms with E-state index in [0.717, 1.165) is 38.7 Å². The summed E-state index contributed by atoms with van der Waals surface area (Å²) in [6.45, 7) is 3.65. The first-order valence-corrected chi connectivity index (χ1v) is 9.90. The van der Waals surface area contributed by atoms with E-state index in [1.165, 1.54) is 6.20 Å². The highest BCUT2D eigenvalue weighted by molar-refractivity contribution is 5.97. The van der Waals surface area contributed by atoms with E-state index in [0.29, 0.717) is 36.8 Å². The van der Waals surface area contributed by atoms with Crippen molar-refractivity contribution in [1.82, 2.24) is 14.9 Å². The number of primary amides is 1. The van der Waals surface area contributed by atoms with E-state index >= 15 is 0 Å². The molecular formula is C19H30N6O3. The van der Waals surface area contributed by atoms with Gasteiger partial charge in [-0.2, -0.15) is 4.98 Å². The standard InChI is InChI=1S/C19H30N6O3/c1-12(26)25-8-7-15(10-25)22-18-16(17(20)27)9-21-19(24-18)23-14-5-3-13(4-6-14)11-28-2/h9,13-15H,3-8,10-11H2,1-2H3,(H2,20,27)(H2,21,22,23,24)/t13?,14?,15-/m0/s1. The highest BCUT2D eigenvalue weighted by atomic mass is 16.5. The van der Waals surface area contributed by atoms with Crippen molar-refractivity contribution in [1.29, 1.82) is 0 Å². The highest BCUT2D eigenvalue weighted by Gasteiger charge is 2.26. The molecule has 2 aliphatic rings. The van der Waals surface area contributed by atoms with Crippen molar-refractivity contribution in [2.45, 2.75) is 51.1 Å². The Morgan fingerprint density at radius 2 is 1.96 bits per heavy atom. The van der Waals surface area contributed by atoms with Crippen molar-refractivity contribution in [3.05, 3.63) is 11.8 Å². The van der Waals surface area contributed by atoms with Gasteiger partial charge in [0.05, 0.1) is 5.56 Å². The number of rotatable bonds is 7. The van der Waals surface area contributed by atoms with Gasteiger partial charge in [-0.15, -0.1) is 0 Å². The van der Waals surface area contributed by atoms with Gasteiger partial charge in [-0.05, 0) is 38.0 Å². The van der Waals surface area contributed by atoms with Crippen LogP contribution in [0.15, 0.2) is 6.20 Å². The third kappa shape index (κ3) is 5.09. The molecule has 1 saturated carbocycles. The Hall–Kier alpha value is -2.42. The van der Waals surface area contributed by atoms with Crippen LogP contribution < -0.4 is 16.4 Å². The molecule has 1 aliphatic heterocycles. The molecule has 3 rings (SSSR count). The number of carbonyl (C=O) groups is 2. The van der Waals surface area contributed by atoms with Crippen LogP contribution in [0.1, 0.15) is 49.4 Å². The molecule has 154 valence electrons. The second-order valence-electron chi connectivity index (χ2n) is 7.73. The third-order valence-corrected chi connectivity index (χ3v) is 5.61. The number of likely N-dealkylation sites (tertiary alicyclic amines) is 1. The Balaban J connectivity index is 1.65. The number of hydrogen-bond donors (Lipinski definition) is 3. The molecule has 1 aromatic rings. The lowest BCUT2D eigenvalue weighted by atomic mass is 9.86. The molecule has 9 nitrogen and oxygen atoms in total. The Bertz CT molecular complexity index is 705. The number of nitrogens with one attached hydrogen (secondary N) is 2. The van der Waals surface area contributed by atoms with Crippen molar-refractivity contribution in [3.8, 4) is 0 Å². The van der Waals surface area contributed by atoms with Gasteiger partial charge in [-0.1, -0.05) is 0 Å². The summed E-state index contributed by atoms with van der Waals surface area (Å²) in [5, 5.41) is 6.66. The summed E-state index contributed by atoms with van der Waals surface area (Å²) in [5.74, 6) is 1.01. The first-order chi connectivity index (χ1) is 13.5. The fourth-order valence-corrected chi connectivity index (χ4v) is 3.99. The number of amides is 2. The maximum atomic E-state index is 11.8. The van der Waals surface area contributed by atoms with Gasteiger partial charge in [-0.25, -0.2) is 4.98 Å². The smallest absolute Gasteiger partial charge is 0.254 e. The minimum Gasteiger partial charge on any atom is -0.384 e. The molecule has 1 aliphatic carbocycles. The molecular weight excluding hydrogens is 360 g/mol. The number of nitrogens with zero attached hydrogens (tertiary/aromatic N) is 3. The first kappa shape index (κ1) is 20.3. The summed E-state index contributed by atoms with van der Waals surface area (Å²) >= 11 is 0. The monoisotopic (exact) mass is 390 g/mol. The average molecular weight is 390 g/mol. The summed E-state index contributed by atoms with van der Waals surface area (Å²) in [6.07, 6.45) is 6.56. The lowest BCUT2D eigenvalue weighted by molar-refractivity contribution is -0.127. The molecule has 2 amide bonds. The number of anilines is 2. The molecule has 1 aromatic heterocycles. The van der Waals surface area contributed by atoms with Gasteiger partial charge in [0.25, 0.3) is 5.91 Å². The normalized spacial score (nSPS) is 24.8. The Labute approximate surface area is 165 Å². The van der Waals surface area contributed by atoms with Crippen LogP contribution in [0.5, 0.6) is 0 Å². The zero-order valence-electron chi connectivity index (χ0n) is 16.6. The van der Waals surface area contributed by atoms with Gasteiger partial charge in [0, 0.05) is 52.0 Å². The van der Waals surface area contributed by atoms with Crippen LogP contribution in [0.4, 0.5) is 11.8 Å². The van der Waals surface area contributed by atoms with Gasteiger partial charge < -0.3 is 26.0 Å². The predicted molar refractivity (Wildman–Crippen MR) is 106 cm³/mol.